The standard InChI is InChI=1S/C7H17NOSSi/c1-8(2)7(9)6-10-11(3,4)5/h6H2,1-5H3. The number of rotatable bonds is 3. The molecule has 0 aromatic rings. The summed E-state index contributed by atoms with van der Waals surface area (Å²) in [5, 5.41) is 0. The Bertz CT molecular complexity index is 142. The lowest BCUT2D eigenvalue weighted by atomic mass is 10.6. The van der Waals surface area contributed by atoms with Crippen molar-refractivity contribution in [2.75, 3.05) is 19.8 Å². The molecule has 66 valence electrons. The van der Waals surface area contributed by atoms with Crippen molar-refractivity contribution in [2.24, 2.45) is 0 Å². The minimum absolute atomic E-state index is 0.220. The Kier molecular flexibility index (Phi) is 4.17. The topological polar surface area (TPSA) is 20.3 Å². The molecule has 0 bridgehead atoms. The summed E-state index contributed by atoms with van der Waals surface area (Å²) in [6.45, 7) is 6.75. The Hall–Kier alpha value is 0.0369. The summed E-state index contributed by atoms with van der Waals surface area (Å²) in [5.74, 6) is 0.861. The van der Waals surface area contributed by atoms with Gasteiger partial charge in [0.15, 0.2) is 0 Å². The van der Waals surface area contributed by atoms with Crippen LogP contribution in [0, 0.1) is 0 Å². The third-order valence-electron chi connectivity index (χ3n) is 1.13. The quantitative estimate of drug-likeness (QED) is 0.632. The van der Waals surface area contributed by atoms with Gasteiger partial charge >= 0.3 is 0 Å². The summed E-state index contributed by atoms with van der Waals surface area (Å²) < 4.78 is 0. The van der Waals surface area contributed by atoms with E-state index in [1.54, 1.807) is 19.0 Å². The van der Waals surface area contributed by atoms with Crippen LogP contribution < -0.4 is 0 Å². The molecule has 0 fully saturated rings. The van der Waals surface area contributed by atoms with Crippen molar-refractivity contribution >= 4 is 24.3 Å². The van der Waals surface area contributed by atoms with E-state index in [0.717, 1.165) is 0 Å². The van der Waals surface area contributed by atoms with Crippen LogP contribution in [0.15, 0.2) is 0 Å². The van der Waals surface area contributed by atoms with E-state index in [1.165, 1.54) is 0 Å². The van der Waals surface area contributed by atoms with Crippen LogP contribution in [0.5, 0.6) is 0 Å². The molecule has 4 heteroatoms. The van der Waals surface area contributed by atoms with Gasteiger partial charge in [-0.1, -0.05) is 19.6 Å². The molecule has 0 atom stereocenters. The third kappa shape index (κ3) is 6.44. The maximum atomic E-state index is 11.1. The largest absolute Gasteiger partial charge is 0.348 e. The average molecular weight is 191 g/mol. The van der Waals surface area contributed by atoms with Crippen LogP contribution in [-0.4, -0.2) is 37.9 Å². The van der Waals surface area contributed by atoms with Gasteiger partial charge in [-0.25, -0.2) is 0 Å². The van der Waals surface area contributed by atoms with E-state index in [1.807, 2.05) is 11.2 Å². The number of hydrogen-bond donors (Lipinski definition) is 0. The Balaban J connectivity index is 3.64. The molecule has 0 saturated carbocycles. The van der Waals surface area contributed by atoms with Crippen LogP contribution in [0.2, 0.25) is 19.6 Å². The van der Waals surface area contributed by atoms with Gasteiger partial charge in [0.2, 0.25) is 5.91 Å². The van der Waals surface area contributed by atoms with Gasteiger partial charge in [-0.15, -0.1) is 0 Å². The molecule has 0 spiro atoms. The first-order valence-electron chi connectivity index (χ1n) is 3.67. The van der Waals surface area contributed by atoms with E-state index in [0.29, 0.717) is 5.75 Å². The van der Waals surface area contributed by atoms with Crippen molar-refractivity contribution in [3.63, 3.8) is 0 Å². The summed E-state index contributed by atoms with van der Waals surface area (Å²) in [7, 11) is 2.50. The molecule has 0 aliphatic carbocycles. The molecular formula is C7H17NOSSi. The van der Waals surface area contributed by atoms with Crippen LogP contribution in [0.3, 0.4) is 0 Å². The highest BCUT2D eigenvalue weighted by Gasteiger charge is 2.16. The maximum absolute atomic E-state index is 11.1. The van der Waals surface area contributed by atoms with Crippen molar-refractivity contribution in [3.8, 4) is 0 Å². The molecule has 0 aromatic heterocycles. The van der Waals surface area contributed by atoms with Crippen LogP contribution in [0.4, 0.5) is 0 Å². The van der Waals surface area contributed by atoms with Crippen molar-refractivity contribution in [3.05, 3.63) is 0 Å². The fourth-order valence-corrected chi connectivity index (χ4v) is 2.89. The Morgan fingerprint density at radius 1 is 1.36 bits per heavy atom. The fourth-order valence-electron chi connectivity index (χ4n) is 0.407. The number of carbonyl (C=O) groups excluding carboxylic acids is 1. The minimum atomic E-state index is -1.10. The third-order valence-corrected chi connectivity index (χ3v) is 5.42. The van der Waals surface area contributed by atoms with Crippen LogP contribution in [-0.2, 0) is 4.79 Å². The first-order chi connectivity index (χ1) is 4.83. The Morgan fingerprint density at radius 2 is 1.82 bits per heavy atom. The molecule has 0 rings (SSSR count). The van der Waals surface area contributed by atoms with Gasteiger partial charge in [0.25, 0.3) is 0 Å². The highest BCUT2D eigenvalue weighted by Crippen LogP contribution is 2.18. The second kappa shape index (κ2) is 4.16. The number of carbonyl (C=O) groups is 1. The molecule has 11 heavy (non-hydrogen) atoms. The van der Waals surface area contributed by atoms with Crippen molar-refractivity contribution < 1.29 is 4.79 Å². The van der Waals surface area contributed by atoms with Crippen LogP contribution in [0.25, 0.3) is 0 Å². The maximum Gasteiger partial charge on any atom is 0.231 e. The average Bonchev–Trinajstić information content (AvgIpc) is 1.80. The lowest BCUT2D eigenvalue weighted by molar-refractivity contribution is -0.125. The summed E-state index contributed by atoms with van der Waals surface area (Å²) >= 11 is 1.82. The van der Waals surface area contributed by atoms with Gasteiger partial charge in [-0.3, -0.25) is 4.79 Å². The van der Waals surface area contributed by atoms with Crippen LogP contribution >= 0.6 is 11.2 Å². The molecule has 0 saturated heterocycles. The summed E-state index contributed by atoms with van der Waals surface area (Å²) in [6, 6.07) is 0. The highest BCUT2D eigenvalue weighted by atomic mass is 32.4. The van der Waals surface area contributed by atoms with Gasteiger partial charge in [0, 0.05) is 14.1 Å². The van der Waals surface area contributed by atoms with E-state index in [9.17, 15) is 4.79 Å². The predicted octanol–water partition coefficient (Wildman–Crippen LogP) is 1.64. The van der Waals surface area contributed by atoms with Crippen LogP contribution in [0.1, 0.15) is 0 Å². The van der Waals surface area contributed by atoms with E-state index >= 15 is 0 Å². The molecule has 0 aromatic carbocycles. The van der Waals surface area contributed by atoms with Gasteiger partial charge in [-0.2, -0.15) is 11.2 Å². The number of nitrogens with zero attached hydrogens (tertiary/aromatic N) is 1. The lowest BCUT2D eigenvalue weighted by Gasteiger charge is -2.16. The smallest absolute Gasteiger partial charge is 0.231 e. The molecule has 0 radical (unpaired) electrons. The first kappa shape index (κ1) is 11.0. The van der Waals surface area contributed by atoms with E-state index < -0.39 is 7.22 Å². The second-order valence-corrected chi connectivity index (χ2v) is 13.0. The first-order valence-corrected chi connectivity index (χ1v) is 8.88. The molecule has 0 unspecified atom stereocenters. The molecule has 0 aliphatic heterocycles. The molecule has 2 nitrogen and oxygen atoms in total. The SMILES string of the molecule is CN(C)C(=O)CS[Si](C)(C)C. The summed E-state index contributed by atoms with van der Waals surface area (Å²) in [5.41, 5.74) is 0. The monoisotopic (exact) mass is 191 g/mol. The van der Waals surface area contributed by atoms with Gasteiger partial charge < -0.3 is 4.90 Å². The van der Waals surface area contributed by atoms with E-state index in [4.69, 9.17) is 0 Å². The zero-order chi connectivity index (χ0) is 9.07. The van der Waals surface area contributed by atoms with Gasteiger partial charge in [0.1, 0.15) is 7.22 Å². The Labute approximate surface area is 74.0 Å². The minimum Gasteiger partial charge on any atom is -0.348 e. The van der Waals surface area contributed by atoms with Crippen molar-refractivity contribution in [1.29, 1.82) is 0 Å². The van der Waals surface area contributed by atoms with Crippen molar-refractivity contribution in [2.45, 2.75) is 19.6 Å². The fraction of sp³-hybridized carbons (Fsp3) is 0.857. The Morgan fingerprint density at radius 3 is 2.09 bits per heavy atom. The zero-order valence-corrected chi connectivity index (χ0v) is 9.79. The lowest BCUT2D eigenvalue weighted by Crippen LogP contribution is -2.27. The molecule has 0 N–H and O–H groups in total. The molecule has 1 amide bonds. The predicted molar refractivity (Wildman–Crippen MR) is 54.5 cm³/mol. The summed E-state index contributed by atoms with van der Waals surface area (Å²) in [6.07, 6.45) is 0. The number of hydrogen-bond acceptors (Lipinski definition) is 2. The normalized spacial score (nSPS) is 11.4. The zero-order valence-electron chi connectivity index (χ0n) is 7.97. The number of amides is 1. The van der Waals surface area contributed by atoms with E-state index in [2.05, 4.69) is 19.6 Å². The van der Waals surface area contributed by atoms with Crippen molar-refractivity contribution in [1.82, 2.24) is 4.90 Å². The van der Waals surface area contributed by atoms with E-state index in [-0.39, 0.29) is 5.91 Å². The summed E-state index contributed by atoms with van der Waals surface area (Å²) in [4.78, 5) is 12.8. The van der Waals surface area contributed by atoms with Gasteiger partial charge in [0.05, 0.1) is 5.75 Å². The molecular weight excluding hydrogens is 174 g/mol. The second-order valence-electron chi connectivity index (χ2n) is 3.69. The molecule has 0 heterocycles. The molecule has 0 aliphatic rings. The van der Waals surface area contributed by atoms with Gasteiger partial charge in [-0.05, 0) is 0 Å². The highest BCUT2D eigenvalue weighted by molar-refractivity contribution is 8.29.